The molecule has 3 N–H and O–H groups in total. The summed E-state index contributed by atoms with van der Waals surface area (Å²) in [5.74, 6) is -2.30. The molecule has 0 radical (unpaired) electrons. The summed E-state index contributed by atoms with van der Waals surface area (Å²) in [6.45, 7) is 2.24. The van der Waals surface area contributed by atoms with Crippen molar-refractivity contribution in [1.82, 2.24) is 5.32 Å². The highest BCUT2D eigenvalue weighted by Gasteiger charge is 2.14. The van der Waals surface area contributed by atoms with Crippen LogP contribution in [0.3, 0.4) is 0 Å². The second kappa shape index (κ2) is 19.5. The molecule has 0 bridgehead atoms. The third-order valence-corrected chi connectivity index (χ3v) is 4.96. The number of carbonyl (C=O) groups excluding carboxylic acids is 3. The first-order valence-electron chi connectivity index (χ1n) is 11.4. The summed E-state index contributed by atoms with van der Waals surface area (Å²) in [5.41, 5.74) is 5.00. The minimum Gasteiger partial charge on any atom is -0.548 e. The van der Waals surface area contributed by atoms with E-state index in [4.69, 9.17) is 5.73 Å². The number of carboxylic acid groups (broad SMARTS) is 1. The first kappa shape index (κ1) is 27.1. The lowest BCUT2D eigenvalue weighted by atomic mass is 10.1. The van der Waals surface area contributed by atoms with Gasteiger partial charge in [0.25, 0.3) is 0 Å². The number of hydrogen-bond donors (Lipinski definition) is 2. The number of nitrogens with one attached hydrogen (secondary N) is 1. The quantitative estimate of drug-likeness (QED) is 0.236. The van der Waals surface area contributed by atoms with Crippen LogP contribution in [0.25, 0.3) is 0 Å². The molecular formula is C23H41N2O4-. The second-order valence-electron chi connectivity index (χ2n) is 7.78. The zero-order valence-electron chi connectivity index (χ0n) is 18.3. The van der Waals surface area contributed by atoms with Crippen LogP contribution in [0.2, 0.25) is 0 Å². The summed E-state index contributed by atoms with van der Waals surface area (Å²) in [6, 6.07) is -1.15. The van der Waals surface area contributed by atoms with Crippen molar-refractivity contribution in [1.29, 1.82) is 0 Å². The Hall–Kier alpha value is -1.85. The molecule has 0 saturated heterocycles. The first-order valence-corrected chi connectivity index (χ1v) is 11.4. The fraction of sp³-hybridized carbons (Fsp3) is 0.783. The van der Waals surface area contributed by atoms with Gasteiger partial charge in [0.1, 0.15) is 0 Å². The highest BCUT2D eigenvalue weighted by atomic mass is 16.4. The molecule has 2 amide bonds. The number of amides is 2. The van der Waals surface area contributed by atoms with Crippen LogP contribution in [0.4, 0.5) is 0 Å². The molecule has 0 aliphatic rings. The van der Waals surface area contributed by atoms with E-state index >= 15 is 0 Å². The second-order valence-corrected chi connectivity index (χ2v) is 7.78. The van der Waals surface area contributed by atoms with Gasteiger partial charge in [0, 0.05) is 12.8 Å². The zero-order chi connectivity index (χ0) is 21.7. The number of nitrogens with two attached hydrogens (primary N) is 1. The van der Waals surface area contributed by atoms with E-state index in [1.165, 1.54) is 51.4 Å². The summed E-state index contributed by atoms with van der Waals surface area (Å²) < 4.78 is 0. The zero-order valence-corrected chi connectivity index (χ0v) is 18.3. The lowest BCUT2D eigenvalue weighted by Crippen LogP contribution is -2.48. The van der Waals surface area contributed by atoms with Crippen LogP contribution in [-0.2, 0) is 14.4 Å². The Morgan fingerprint density at radius 2 is 1.34 bits per heavy atom. The van der Waals surface area contributed by atoms with Gasteiger partial charge in [-0.1, -0.05) is 70.4 Å². The fourth-order valence-corrected chi connectivity index (χ4v) is 3.16. The molecule has 29 heavy (non-hydrogen) atoms. The minimum absolute atomic E-state index is 0.0320. The van der Waals surface area contributed by atoms with Gasteiger partial charge >= 0.3 is 0 Å². The summed E-state index contributed by atoms with van der Waals surface area (Å²) in [5, 5.41) is 13.4. The van der Waals surface area contributed by atoms with Crippen molar-refractivity contribution in [3.63, 3.8) is 0 Å². The van der Waals surface area contributed by atoms with Gasteiger partial charge in [-0.25, -0.2) is 0 Å². The van der Waals surface area contributed by atoms with Crippen molar-refractivity contribution >= 4 is 17.8 Å². The van der Waals surface area contributed by atoms with Crippen LogP contribution in [0.1, 0.15) is 110 Å². The standard InChI is InChI=1S/C23H42N2O4/c1-2-3-4-5-6-7-8-9-10-11-12-13-14-15-16-17-22(27)25-20(23(28)29)18-19-21(24)26/h9-10,20H,2-8,11-19H2,1H3,(H2,24,26)(H,25,27)(H,28,29)/p-1/b10-9-/t20-/m0/s1. The maximum absolute atomic E-state index is 11.8. The lowest BCUT2D eigenvalue weighted by Gasteiger charge is -2.19. The number of primary amides is 1. The highest BCUT2D eigenvalue weighted by Crippen LogP contribution is 2.10. The van der Waals surface area contributed by atoms with Crippen molar-refractivity contribution in [2.45, 2.75) is 116 Å². The topological polar surface area (TPSA) is 112 Å². The monoisotopic (exact) mass is 409 g/mol. The molecule has 0 aliphatic carbocycles. The lowest BCUT2D eigenvalue weighted by molar-refractivity contribution is -0.308. The largest absolute Gasteiger partial charge is 0.548 e. The smallest absolute Gasteiger partial charge is 0.220 e. The molecule has 0 fully saturated rings. The van der Waals surface area contributed by atoms with Crippen molar-refractivity contribution in [3.05, 3.63) is 12.2 Å². The Bertz CT molecular complexity index is 477. The van der Waals surface area contributed by atoms with Crippen molar-refractivity contribution in [3.8, 4) is 0 Å². The predicted octanol–water partition coefficient (Wildman–Crippen LogP) is 3.52. The molecule has 0 rings (SSSR count). The number of allylic oxidation sites excluding steroid dienone is 2. The van der Waals surface area contributed by atoms with Crippen LogP contribution in [-0.4, -0.2) is 23.8 Å². The molecule has 6 nitrogen and oxygen atoms in total. The molecule has 1 atom stereocenters. The van der Waals surface area contributed by atoms with E-state index in [-0.39, 0.29) is 18.7 Å². The Morgan fingerprint density at radius 3 is 1.86 bits per heavy atom. The summed E-state index contributed by atoms with van der Waals surface area (Å²) >= 11 is 0. The average Bonchev–Trinajstić information content (AvgIpc) is 2.67. The molecule has 168 valence electrons. The Kier molecular flexibility index (Phi) is 18.2. The molecule has 0 aromatic heterocycles. The van der Waals surface area contributed by atoms with E-state index in [2.05, 4.69) is 24.4 Å². The number of aliphatic carboxylic acids is 1. The number of carbonyl (C=O) groups is 3. The molecule has 6 heteroatoms. The molecule has 0 aromatic rings. The van der Waals surface area contributed by atoms with Gasteiger partial charge < -0.3 is 21.0 Å². The van der Waals surface area contributed by atoms with E-state index in [0.717, 1.165) is 32.1 Å². The number of hydrogen-bond acceptors (Lipinski definition) is 4. The van der Waals surface area contributed by atoms with Gasteiger partial charge in [-0.05, 0) is 38.5 Å². The Balaban J connectivity index is 3.54. The third-order valence-electron chi connectivity index (χ3n) is 4.96. The van der Waals surface area contributed by atoms with Crippen LogP contribution in [0.5, 0.6) is 0 Å². The fourth-order valence-electron chi connectivity index (χ4n) is 3.16. The number of unbranched alkanes of at least 4 members (excludes halogenated alkanes) is 11. The average molecular weight is 410 g/mol. The molecular weight excluding hydrogens is 368 g/mol. The van der Waals surface area contributed by atoms with E-state index in [9.17, 15) is 19.5 Å². The van der Waals surface area contributed by atoms with Crippen LogP contribution in [0.15, 0.2) is 12.2 Å². The minimum atomic E-state index is -1.39. The SMILES string of the molecule is CCCCCCCC/C=C\CCCCCCCC(=O)N[C@@H](CCC(N)=O)C(=O)[O-]. The van der Waals surface area contributed by atoms with E-state index in [1.807, 2.05) is 0 Å². The van der Waals surface area contributed by atoms with E-state index in [1.54, 1.807) is 0 Å². The first-order chi connectivity index (χ1) is 14.0. The van der Waals surface area contributed by atoms with Gasteiger partial charge in [-0.15, -0.1) is 0 Å². The third kappa shape index (κ3) is 19.2. The molecule has 0 aliphatic heterocycles. The number of rotatable bonds is 20. The molecule has 0 heterocycles. The highest BCUT2D eigenvalue weighted by molar-refractivity contribution is 5.83. The molecule has 0 unspecified atom stereocenters. The number of carboxylic acids is 1. The van der Waals surface area contributed by atoms with Crippen LogP contribution < -0.4 is 16.2 Å². The van der Waals surface area contributed by atoms with Crippen molar-refractivity contribution < 1.29 is 19.5 Å². The van der Waals surface area contributed by atoms with Crippen molar-refractivity contribution in [2.24, 2.45) is 5.73 Å². The van der Waals surface area contributed by atoms with Gasteiger partial charge in [0.2, 0.25) is 11.8 Å². The van der Waals surface area contributed by atoms with Gasteiger partial charge in [-0.3, -0.25) is 9.59 Å². The predicted molar refractivity (Wildman–Crippen MR) is 115 cm³/mol. The maximum atomic E-state index is 11.8. The normalized spacial score (nSPS) is 12.2. The van der Waals surface area contributed by atoms with E-state index in [0.29, 0.717) is 6.42 Å². The molecule has 0 saturated carbocycles. The van der Waals surface area contributed by atoms with Gasteiger partial charge in [-0.2, -0.15) is 0 Å². The summed E-state index contributed by atoms with van der Waals surface area (Å²) in [4.78, 5) is 33.5. The summed E-state index contributed by atoms with van der Waals surface area (Å²) in [7, 11) is 0. The summed E-state index contributed by atoms with van der Waals surface area (Å²) in [6.07, 6.45) is 20.1. The molecule has 0 spiro atoms. The van der Waals surface area contributed by atoms with Gasteiger partial charge in [0.15, 0.2) is 0 Å². The van der Waals surface area contributed by atoms with Crippen LogP contribution >= 0.6 is 0 Å². The molecule has 0 aromatic carbocycles. The van der Waals surface area contributed by atoms with E-state index < -0.39 is 17.9 Å². The Morgan fingerprint density at radius 1 is 0.828 bits per heavy atom. The van der Waals surface area contributed by atoms with Crippen molar-refractivity contribution in [2.75, 3.05) is 0 Å². The van der Waals surface area contributed by atoms with Gasteiger partial charge in [0.05, 0.1) is 12.0 Å². The Labute approximate surface area is 176 Å². The van der Waals surface area contributed by atoms with Crippen LogP contribution in [0, 0.1) is 0 Å². The maximum Gasteiger partial charge on any atom is 0.220 e.